The molecule has 0 saturated carbocycles. The van der Waals surface area contributed by atoms with E-state index in [1.54, 1.807) is 0 Å². The Kier molecular flexibility index (Phi) is 8.65. The van der Waals surface area contributed by atoms with Crippen LogP contribution in [0.2, 0.25) is 22.2 Å². The lowest BCUT2D eigenvalue weighted by Gasteiger charge is -2.42. The standard InChI is InChI=1S/C25H38O3Si2/c1-18(2)29(19(3)4)28-30(20(5)6,21(7)8)27-24-16-14-23(15-17-24)25(26)22-12-10-9-11-13-22/h9-21,29H,1-8H3. The average Bonchev–Trinajstić information content (AvgIpc) is 2.70. The second-order valence-electron chi connectivity index (χ2n) is 9.42. The van der Waals surface area contributed by atoms with Gasteiger partial charge in [-0.2, -0.15) is 0 Å². The van der Waals surface area contributed by atoms with Crippen molar-refractivity contribution in [2.75, 3.05) is 0 Å². The maximum absolute atomic E-state index is 12.7. The van der Waals surface area contributed by atoms with Crippen molar-refractivity contribution < 1.29 is 13.3 Å². The Labute approximate surface area is 185 Å². The van der Waals surface area contributed by atoms with Crippen LogP contribution in [0.25, 0.3) is 0 Å². The Morgan fingerprint density at radius 3 is 1.63 bits per heavy atom. The summed E-state index contributed by atoms with van der Waals surface area (Å²) in [5.74, 6) is 0.829. The molecule has 2 rings (SSSR count). The smallest absolute Gasteiger partial charge is 0.393 e. The molecule has 0 amide bonds. The second-order valence-corrected chi connectivity index (χ2v) is 17.9. The van der Waals surface area contributed by atoms with Crippen molar-refractivity contribution in [2.45, 2.75) is 77.6 Å². The van der Waals surface area contributed by atoms with Crippen molar-refractivity contribution in [3.05, 3.63) is 65.7 Å². The fourth-order valence-corrected chi connectivity index (χ4v) is 14.2. The summed E-state index contributed by atoms with van der Waals surface area (Å²) >= 11 is 0. The van der Waals surface area contributed by atoms with Crippen LogP contribution in [-0.2, 0) is 4.12 Å². The predicted octanol–water partition coefficient (Wildman–Crippen LogP) is 7.12. The van der Waals surface area contributed by atoms with E-state index >= 15 is 0 Å². The number of hydrogen-bond donors (Lipinski definition) is 0. The summed E-state index contributed by atoms with van der Waals surface area (Å²) < 4.78 is 13.8. The van der Waals surface area contributed by atoms with Gasteiger partial charge >= 0.3 is 8.56 Å². The molecular formula is C25H38O3Si2. The number of hydrogen-bond acceptors (Lipinski definition) is 3. The number of carbonyl (C=O) groups is 1. The van der Waals surface area contributed by atoms with E-state index in [1.807, 2.05) is 54.6 Å². The molecule has 2 aromatic rings. The highest BCUT2D eigenvalue weighted by Gasteiger charge is 2.49. The maximum Gasteiger partial charge on any atom is 0.393 e. The first-order valence-corrected chi connectivity index (χ1v) is 14.9. The molecule has 0 spiro atoms. The molecule has 0 radical (unpaired) electrons. The van der Waals surface area contributed by atoms with Crippen LogP contribution in [0.15, 0.2) is 54.6 Å². The van der Waals surface area contributed by atoms with E-state index in [1.165, 1.54) is 0 Å². The molecule has 5 heteroatoms. The molecule has 164 valence electrons. The zero-order valence-electron chi connectivity index (χ0n) is 19.8. The number of rotatable bonds is 10. The zero-order valence-corrected chi connectivity index (χ0v) is 22.0. The van der Waals surface area contributed by atoms with Crippen LogP contribution in [0.4, 0.5) is 0 Å². The molecule has 2 aromatic carbocycles. The molecule has 0 aromatic heterocycles. The SMILES string of the molecule is CC(C)[SiH](O[Si](Oc1ccc(C(=O)c2ccccc2)cc1)(C(C)C)C(C)C)C(C)C. The van der Waals surface area contributed by atoms with Crippen molar-refractivity contribution in [3.63, 3.8) is 0 Å². The monoisotopic (exact) mass is 442 g/mol. The molecule has 0 aliphatic carbocycles. The lowest BCUT2D eigenvalue weighted by Crippen LogP contribution is -2.55. The first kappa shape index (κ1) is 24.6. The first-order chi connectivity index (χ1) is 14.1. The third-order valence-electron chi connectivity index (χ3n) is 5.67. The van der Waals surface area contributed by atoms with Crippen molar-refractivity contribution >= 4 is 23.4 Å². The van der Waals surface area contributed by atoms with Gasteiger partial charge in [-0.05, 0) is 35.3 Å². The molecular weight excluding hydrogens is 404 g/mol. The van der Waals surface area contributed by atoms with Gasteiger partial charge in [-0.1, -0.05) is 85.7 Å². The maximum atomic E-state index is 12.7. The van der Waals surface area contributed by atoms with Gasteiger partial charge in [-0.25, -0.2) is 0 Å². The van der Waals surface area contributed by atoms with Crippen LogP contribution >= 0.6 is 0 Å². The Bertz CT molecular complexity index is 783. The number of benzene rings is 2. The topological polar surface area (TPSA) is 35.5 Å². The fourth-order valence-electron chi connectivity index (χ4n) is 4.07. The summed E-state index contributed by atoms with van der Waals surface area (Å²) in [5.41, 5.74) is 3.15. The molecule has 0 fully saturated rings. The summed E-state index contributed by atoms with van der Waals surface area (Å²) in [6, 6.07) is 17.0. The van der Waals surface area contributed by atoms with Crippen LogP contribution in [0, 0.1) is 0 Å². The van der Waals surface area contributed by atoms with Gasteiger partial charge in [0.25, 0.3) is 0 Å². The molecule has 0 aliphatic rings. The van der Waals surface area contributed by atoms with Gasteiger partial charge in [0.2, 0.25) is 0 Å². The van der Waals surface area contributed by atoms with E-state index in [-0.39, 0.29) is 5.78 Å². The Hall–Kier alpha value is -1.70. The van der Waals surface area contributed by atoms with E-state index in [0.717, 1.165) is 5.75 Å². The second kappa shape index (κ2) is 10.6. The summed E-state index contributed by atoms with van der Waals surface area (Å²) in [4.78, 5) is 12.7. The van der Waals surface area contributed by atoms with Gasteiger partial charge in [-0.15, -0.1) is 0 Å². The molecule has 3 nitrogen and oxygen atoms in total. The quantitative estimate of drug-likeness (QED) is 0.290. The highest BCUT2D eigenvalue weighted by atomic mass is 28.4. The van der Waals surface area contributed by atoms with E-state index in [2.05, 4.69) is 55.4 Å². The van der Waals surface area contributed by atoms with Crippen molar-refractivity contribution in [1.29, 1.82) is 0 Å². The lowest BCUT2D eigenvalue weighted by molar-refractivity contribution is 0.103. The number of ketones is 1. The van der Waals surface area contributed by atoms with E-state index in [0.29, 0.717) is 33.3 Å². The van der Waals surface area contributed by atoms with Crippen molar-refractivity contribution in [2.24, 2.45) is 0 Å². The Morgan fingerprint density at radius 1 is 0.733 bits per heavy atom. The minimum Gasteiger partial charge on any atom is -0.520 e. The van der Waals surface area contributed by atoms with Gasteiger partial charge in [0.15, 0.2) is 14.8 Å². The minimum absolute atomic E-state index is 0.0294. The summed E-state index contributed by atoms with van der Waals surface area (Å²) in [6.45, 7) is 18.0. The van der Waals surface area contributed by atoms with Gasteiger partial charge in [0, 0.05) is 22.2 Å². The van der Waals surface area contributed by atoms with Gasteiger partial charge < -0.3 is 8.54 Å². The van der Waals surface area contributed by atoms with E-state index in [9.17, 15) is 4.79 Å². The molecule has 0 N–H and O–H groups in total. The molecule has 0 heterocycles. The largest absolute Gasteiger partial charge is 0.520 e. The number of carbonyl (C=O) groups excluding carboxylic acids is 1. The van der Waals surface area contributed by atoms with Gasteiger partial charge in [-0.3, -0.25) is 4.79 Å². The van der Waals surface area contributed by atoms with Crippen molar-refractivity contribution in [1.82, 2.24) is 0 Å². The van der Waals surface area contributed by atoms with E-state index in [4.69, 9.17) is 8.54 Å². The first-order valence-electron chi connectivity index (χ1n) is 11.1. The molecule has 0 unspecified atom stereocenters. The highest BCUT2D eigenvalue weighted by Crippen LogP contribution is 2.39. The van der Waals surface area contributed by atoms with Gasteiger partial charge in [0.1, 0.15) is 5.75 Å². The van der Waals surface area contributed by atoms with Crippen LogP contribution in [0.5, 0.6) is 5.75 Å². The summed E-state index contributed by atoms with van der Waals surface area (Å²) in [7, 11) is -3.95. The Balaban J connectivity index is 2.30. The van der Waals surface area contributed by atoms with Crippen LogP contribution in [0.1, 0.15) is 71.3 Å². The van der Waals surface area contributed by atoms with Crippen LogP contribution < -0.4 is 4.43 Å². The molecule has 30 heavy (non-hydrogen) atoms. The highest BCUT2D eigenvalue weighted by molar-refractivity contribution is 6.78. The average molecular weight is 443 g/mol. The summed E-state index contributed by atoms with van der Waals surface area (Å²) in [5, 5.41) is 0. The molecule has 0 bridgehead atoms. The Morgan fingerprint density at radius 2 is 1.20 bits per heavy atom. The minimum atomic E-state index is -2.51. The normalized spacial score (nSPS) is 12.4. The van der Waals surface area contributed by atoms with Crippen LogP contribution in [0.3, 0.4) is 0 Å². The van der Waals surface area contributed by atoms with Crippen molar-refractivity contribution in [3.8, 4) is 5.75 Å². The van der Waals surface area contributed by atoms with E-state index < -0.39 is 17.6 Å². The fraction of sp³-hybridized carbons (Fsp3) is 0.480. The molecule has 0 saturated heterocycles. The third kappa shape index (κ3) is 5.71. The molecule has 0 aliphatic heterocycles. The van der Waals surface area contributed by atoms with Crippen LogP contribution in [-0.4, -0.2) is 23.4 Å². The predicted molar refractivity (Wildman–Crippen MR) is 131 cm³/mol. The molecule has 0 atom stereocenters. The summed E-state index contributed by atoms with van der Waals surface area (Å²) in [6.07, 6.45) is 0. The van der Waals surface area contributed by atoms with Gasteiger partial charge in [0.05, 0.1) is 0 Å². The third-order valence-corrected chi connectivity index (χ3v) is 14.6. The zero-order chi connectivity index (χ0) is 22.5. The lowest BCUT2D eigenvalue weighted by atomic mass is 10.0.